The third-order valence-electron chi connectivity index (χ3n) is 3.79. The SMILES string of the molecule is [NH3+]CC1CN(c2ccc(N3CCOCC3)c(F)c2)C(=O)O1. The second-order valence-electron chi connectivity index (χ2n) is 5.14. The molecule has 1 amide bonds. The van der Waals surface area contributed by atoms with E-state index < -0.39 is 6.09 Å². The van der Waals surface area contributed by atoms with Gasteiger partial charge >= 0.3 is 6.09 Å². The number of carbonyl (C=O) groups is 1. The van der Waals surface area contributed by atoms with Crippen molar-refractivity contribution in [2.24, 2.45) is 0 Å². The van der Waals surface area contributed by atoms with E-state index in [0.717, 1.165) is 0 Å². The highest BCUT2D eigenvalue weighted by Crippen LogP contribution is 2.28. The first-order chi connectivity index (χ1) is 10.2. The van der Waals surface area contributed by atoms with E-state index in [1.807, 2.05) is 4.90 Å². The summed E-state index contributed by atoms with van der Waals surface area (Å²) in [7, 11) is 0. The zero-order valence-corrected chi connectivity index (χ0v) is 11.8. The fourth-order valence-corrected chi connectivity index (χ4v) is 2.61. The Balaban J connectivity index is 1.79. The van der Waals surface area contributed by atoms with Gasteiger partial charge in [-0.1, -0.05) is 0 Å². The number of cyclic esters (lactones) is 1. The predicted octanol–water partition coefficient (Wildman–Crippen LogP) is 0.229. The minimum atomic E-state index is -0.442. The highest BCUT2D eigenvalue weighted by atomic mass is 19.1. The maximum Gasteiger partial charge on any atom is 0.414 e. The Bertz CT molecular complexity index is 534. The molecule has 3 N–H and O–H groups in total. The maximum atomic E-state index is 14.3. The predicted molar refractivity (Wildman–Crippen MR) is 74.8 cm³/mol. The first-order valence-electron chi connectivity index (χ1n) is 7.08. The minimum Gasteiger partial charge on any atom is -0.438 e. The lowest BCUT2D eigenvalue weighted by Crippen LogP contribution is -2.56. The van der Waals surface area contributed by atoms with Crippen LogP contribution in [0.3, 0.4) is 0 Å². The molecular formula is C14H19FN3O3+. The van der Waals surface area contributed by atoms with E-state index in [-0.39, 0.29) is 11.9 Å². The molecule has 0 radical (unpaired) electrons. The van der Waals surface area contributed by atoms with Crippen molar-refractivity contribution in [3.63, 3.8) is 0 Å². The summed E-state index contributed by atoms with van der Waals surface area (Å²) in [6.45, 7) is 3.47. The summed E-state index contributed by atoms with van der Waals surface area (Å²) in [5.41, 5.74) is 4.79. The number of hydrogen-bond donors (Lipinski definition) is 1. The molecule has 2 aliphatic rings. The van der Waals surface area contributed by atoms with Crippen LogP contribution in [0.5, 0.6) is 0 Å². The van der Waals surface area contributed by atoms with Gasteiger partial charge in [-0.05, 0) is 18.2 Å². The van der Waals surface area contributed by atoms with E-state index in [2.05, 4.69) is 5.73 Å². The average molecular weight is 296 g/mol. The molecule has 7 heteroatoms. The molecule has 0 bridgehead atoms. The van der Waals surface area contributed by atoms with Crippen LogP contribution in [0.25, 0.3) is 0 Å². The van der Waals surface area contributed by atoms with E-state index in [9.17, 15) is 9.18 Å². The molecule has 3 rings (SSSR count). The summed E-state index contributed by atoms with van der Waals surface area (Å²) in [5, 5.41) is 0. The molecule has 21 heavy (non-hydrogen) atoms. The number of carbonyl (C=O) groups excluding carboxylic acids is 1. The van der Waals surface area contributed by atoms with Gasteiger partial charge in [0, 0.05) is 13.1 Å². The van der Waals surface area contributed by atoms with Crippen molar-refractivity contribution in [1.29, 1.82) is 0 Å². The van der Waals surface area contributed by atoms with Gasteiger partial charge in [-0.25, -0.2) is 9.18 Å². The molecule has 6 nitrogen and oxygen atoms in total. The van der Waals surface area contributed by atoms with Crippen molar-refractivity contribution in [1.82, 2.24) is 0 Å². The Labute approximate surface area is 122 Å². The number of ether oxygens (including phenoxy) is 2. The zero-order chi connectivity index (χ0) is 14.8. The van der Waals surface area contributed by atoms with Crippen molar-refractivity contribution in [3.05, 3.63) is 24.0 Å². The number of nitrogens with zero attached hydrogens (tertiary/aromatic N) is 2. The Morgan fingerprint density at radius 2 is 2.10 bits per heavy atom. The Morgan fingerprint density at radius 3 is 2.71 bits per heavy atom. The van der Waals surface area contributed by atoms with Gasteiger partial charge in [-0.2, -0.15) is 0 Å². The van der Waals surface area contributed by atoms with Crippen LogP contribution in [-0.4, -0.2) is 51.6 Å². The van der Waals surface area contributed by atoms with Crippen LogP contribution in [0.4, 0.5) is 20.6 Å². The van der Waals surface area contributed by atoms with Crippen molar-refractivity contribution >= 4 is 17.5 Å². The first kappa shape index (κ1) is 14.1. The number of amides is 1. The maximum absolute atomic E-state index is 14.3. The van der Waals surface area contributed by atoms with Gasteiger partial charge in [0.05, 0.1) is 31.1 Å². The standard InChI is InChI=1S/C14H18FN3O3/c15-12-7-10(18-9-11(8-16)21-14(18)19)1-2-13(12)17-3-5-20-6-4-17/h1-2,7,11H,3-6,8-9,16H2/p+1. The molecule has 2 fully saturated rings. The Hall–Kier alpha value is -1.86. The summed E-state index contributed by atoms with van der Waals surface area (Å²) in [4.78, 5) is 15.2. The lowest BCUT2D eigenvalue weighted by Gasteiger charge is -2.29. The van der Waals surface area contributed by atoms with Gasteiger partial charge < -0.3 is 20.1 Å². The van der Waals surface area contributed by atoms with Gasteiger partial charge in [0.2, 0.25) is 0 Å². The number of rotatable bonds is 3. The molecule has 114 valence electrons. The van der Waals surface area contributed by atoms with Crippen LogP contribution in [0.15, 0.2) is 18.2 Å². The largest absolute Gasteiger partial charge is 0.438 e. The average Bonchev–Trinajstić information content (AvgIpc) is 2.89. The monoisotopic (exact) mass is 296 g/mol. The van der Waals surface area contributed by atoms with Gasteiger partial charge in [0.25, 0.3) is 0 Å². The van der Waals surface area contributed by atoms with Gasteiger partial charge in [-0.15, -0.1) is 0 Å². The lowest BCUT2D eigenvalue weighted by atomic mass is 10.2. The number of morpholine rings is 1. The topological polar surface area (TPSA) is 69.7 Å². The molecule has 0 saturated carbocycles. The van der Waals surface area contributed by atoms with Gasteiger partial charge in [0.15, 0.2) is 6.10 Å². The molecule has 0 aromatic heterocycles. The fraction of sp³-hybridized carbons (Fsp3) is 0.500. The molecule has 2 heterocycles. The van der Waals surface area contributed by atoms with Gasteiger partial charge in [0.1, 0.15) is 12.4 Å². The highest BCUT2D eigenvalue weighted by Gasteiger charge is 2.33. The van der Waals surface area contributed by atoms with E-state index >= 15 is 0 Å². The highest BCUT2D eigenvalue weighted by molar-refractivity contribution is 5.90. The molecule has 0 spiro atoms. The molecule has 0 aliphatic carbocycles. The summed E-state index contributed by atoms with van der Waals surface area (Å²) in [6, 6.07) is 4.85. The zero-order valence-electron chi connectivity index (χ0n) is 11.8. The second kappa shape index (κ2) is 5.87. The number of halogens is 1. The van der Waals surface area contributed by atoms with Crippen molar-refractivity contribution < 1.29 is 24.4 Å². The Kier molecular flexibility index (Phi) is 3.94. The van der Waals surface area contributed by atoms with Gasteiger partial charge in [-0.3, -0.25) is 4.90 Å². The summed E-state index contributed by atoms with van der Waals surface area (Å²) < 4.78 is 24.7. The number of quaternary nitrogens is 1. The number of benzene rings is 1. The number of hydrogen-bond acceptors (Lipinski definition) is 4. The third kappa shape index (κ3) is 2.79. The molecule has 2 saturated heterocycles. The van der Waals surface area contributed by atoms with Crippen LogP contribution < -0.4 is 15.5 Å². The molecule has 1 aromatic carbocycles. The molecule has 1 aromatic rings. The van der Waals surface area contributed by atoms with E-state index in [4.69, 9.17) is 9.47 Å². The molecular weight excluding hydrogens is 277 g/mol. The van der Waals surface area contributed by atoms with E-state index in [1.54, 1.807) is 12.1 Å². The lowest BCUT2D eigenvalue weighted by molar-refractivity contribution is -0.380. The fourth-order valence-electron chi connectivity index (χ4n) is 2.61. The minimum absolute atomic E-state index is 0.223. The van der Waals surface area contributed by atoms with E-state index in [1.165, 1.54) is 11.0 Å². The molecule has 2 aliphatic heterocycles. The van der Waals surface area contributed by atoms with Crippen LogP contribution >= 0.6 is 0 Å². The quantitative estimate of drug-likeness (QED) is 0.867. The van der Waals surface area contributed by atoms with Crippen LogP contribution in [0, 0.1) is 5.82 Å². The molecule has 1 unspecified atom stereocenters. The molecule has 1 atom stereocenters. The third-order valence-corrected chi connectivity index (χ3v) is 3.79. The first-order valence-corrected chi connectivity index (χ1v) is 7.08. The summed E-state index contributed by atoms with van der Waals surface area (Å²) >= 11 is 0. The Morgan fingerprint density at radius 1 is 1.33 bits per heavy atom. The van der Waals surface area contributed by atoms with Crippen LogP contribution in [0.2, 0.25) is 0 Å². The smallest absolute Gasteiger partial charge is 0.414 e. The summed E-state index contributed by atoms with van der Waals surface area (Å²) in [6.07, 6.45) is -0.665. The van der Waals surface area contributed by atoms with Crippen LogP contribution in [-0.2, 0) is 9.47 Å². The van der Waals surface area contributed by atoms with Crippen molar-refractivity contribution in [2.75, 3.05) is 49.2 Å². The number of anilines is 2. The normalized spacial score (nSPS) is 22.6. The van der Waals surface area contributed by atoms with Crippen molar-refractivity contribution in [2.45, 2.75) is 6.10 Å². The summed E-state index contributed by atoms with van der Waals surface area (Å²) in [5.74, 6) is -0.333. The van der Waals surface area contributed by atoms with Crippen LogP contribution in [0.1, 0.15) is 0 Å². The van der Waals surface area contributed by atoms with Crippen molar-refractivity contribution in [3.8, 4) is 0 Å². The van der Waals surface area contributed by atoms with E-state index in [0.29, 0.717) is 50.8 Å². The second-order valence-corrected chi connectivity index (χ2v) is 5.14.